The molecule has 6 heteroatoms. The normalized spacial score (nSPS) is 10.3. The molecule has 1 heterocycles. The van der Waals surface area contributed by atoms with E-state index in [2.05, 4.69) is 4.98 Å². The maximum atomic E-state index is 11.7. The van der Waals surface area contributed by atoms with Crippen molar-refractivity contribution in [3.05, 3.63) is 23.9 Å². The van der Waals surface area contributed by atoms with Crippen LogP contribution in [-0.2, 0) is 4.74 Å². The molecular formula is C15H17NO5. The Morgan fingerprint density at radius 1 is 1.10 bits per heavy atom. The van der Waals surface area contributed by atoms with Gasteiger partial charge in [0.25, 0.3) is 0 Å². The van der Waals surface area contributed by atoms with Gasteiger partial charge in [-0.3, -0.25) is 0 Å². The van der Waals surface area contributed by atoms with Crippen molar-refractivity contribution in [1.82, 2.24) is 4.98 Å². The first-order valence-electron chi connectivity index (χ1n) is 6.42. The zero-order chi connectivity index (χ0) is 15.4. The van der Waals surface area contributed by atoms with Crippen molar-refractivity contribution in [2.45, 2.75) is 6.92 Å². The minimum atomic E-state index is -0.528. The van der Waals surface area contributed by atoms with E-state index in [0.29, 0.717) is 34.8 Å². The molecule has 0 saturated heterocycles. The highest BCUT2D eigenvalue weighted by atomic mass is 16.5. The highest BCUT2D eigenvalue weighted by Gasteiger charge is 2.17. The Balaban J connectivity index is 2.77. The van der Waals surface area contributed by atoms with Gasteiger partial charge in [-0.15, -0.1) is 0 Å². The summed E-state index contributed by atoms with van der Waals surface area (Å²) in [6, 6.07) is 5.00. The Morgan fingerprint density at radius 2 is 1.86 bits per heavy atom. The number of esters is 1. The van der Waals surface area contributed by atoms with Gasteiger partial charge in [-0.1, -0.05) is 0 Å². The summed E-state index contributed by atoms with van der Waals surface area (Å²) in [5.74, 6) is 1.13. The molecule has 0 saturated carbocycles. The third-order valence-electron chi connectivity index (χ3n) is 2.96. The van der Waals surface area contributed by atoms with Gasteiger partial charge in [0.05, 0.1) is 38.8 Å². The van der Waals surface area contributed by atoms with Gasteiger partial charge in [0.2, 0.25) is 0 Å². The second kappa shape index (κ2) is 6.30. The van der Waals surface area contributed by atoms with E-state index in [-0.39, 0.29) is 5.69 Å². The molecule has 0 radical (unpaired) electrons. The van der Waals surface area contributed by atoms with Crippen molar-refractivity contribution in [2.24, 2.45) is 0 Å². The van der Waals surface area contributed by atoms with Gasteiger partial charge >= 0.3 is 5.97 Å². The van der Waals surface area contributed by atoms with E-state index in [1.54, 1.807) is 32.4 Å². The number of benzene rings is 1. The molecule has 0 atom stereocenters. The van der Waals surface area contributed by atoms with Crippen LogP contribution in [0.25, 0.3) is 10.9 Å². The largest absolute Gasteiger partial charge is 0.497 e. The summed E-state index contributed by atoms with van der Waals surface area (Å²) in [6.45, 7) is 2.31. The highest BCUT2D eigenvalue weighted by Crippen LogP contribution is 2.37. The van der Waals surface area contributed by atoms with Crippen LogP contribution in [-0.4, -0.2) is 38.9 Å². The van der Waals surface area contributed by atoms with E-state index < -0.39 is 5.97 Å². The molecule has 1 aromatic heterocycles. The van der Waals surface area contributed by atoms with Crippen LogP contribution in [0, 0.1) is 0 Å². The molecule has 21 heavy (non-hydrogen) atoms. The van der Waals surface area contributed by atoms with Crippen molar-refractivity contribution in [2.75, 3.05) is 27.9 Å². The highest BCUT2D eigenvalue weighted by molar-refractivity contribution is 5.97. The van der Waals surface area contributed by atoms with Gasteiger partial charge < -0.3 is 18.9 Å². The molecular weight excluding hydrogens is 274 g/mol. The lowest BCUT2D eigenvalue weighted by Gasteiger charge is -2.13. The Hall–Kier alpha value is -2.50. The van der Waals surface area contributed by atoms with Gasteiger partial charge in [-0.25, -0.2) is 9.78 Å². The fourth-order valence-electron chi connectivity index (χ4n) is 2.03. The number of carbonyl (C=O) groups is 1. The van der Waals surface area contributed by atoms with Crippen LogP contribution in [0.4, 0.5) is 0 Å². The lowest BCUT2D eigenvalue weighted by atomic mass is 10.1. The van der Waals surface area contributed by atoms with E-state index in [9.17, 15) is 4.79 Å². The van der Waals surface area contributed by atoms with E-state index in [0.717, 1.165) is 0 Å². The number of aromatic nitrogens is 1. The van der Waals surface area contributed by atoms with Gasteiger partial charge in [-0.2, -0.15) is 0 Å². The molecule has 0 aliphatic heterocycles. The third kappa shape index (κ3) is 2.84. The zero-order valence-electron chi connectivity index (χ0n) is 12.4. The number of fused-ring (bicyclic) bond motifs is 1. The van der Waals surface area contributed by atoms with Gasteiger partial charge in [-0.05, 0) is 6.92 Å². The minimum Gasteiger partial charge on any atom is -0.497 e. The number of carbonyl (C=O) groups excluding carboxylic acids is 1. The van der Waals surface area contributed by atoms with Crippen LogP contribution in [0.3, 0.4) is 0 Å². The van der Waals surface area contributed by atoms with Gasteiger partial charge in [0.1, 0.15) is 17.2 Å². The average Bonchev–Trinajstić information content (AvgIpc) is 2.52. The third-order valence-corrected chi connectivity index (χ3v) is 2.96. The SMILES string of the molecule is CCOc1cc(C(=O)OC)nc2cc(OC)cc(OC)c12. The van der Waals surface area contributed by atoms with E-state index >= 15 is 0 Å². The molecule has 2 rings (SSSR count). The molecule has 0 N–H and O–H groups in total. The predicted octanol–water partition coefficient (Wildman–Crippen LogP) is 2.44. The van der Waals surface area contributed by atoms with Crippen molar-refractivity contribution in [1.29, 1.82) is 0 Å². The Bertz CT molecular complexity index is 669. The molecule has 1 aromatic carbocycles. The average molecular weight is 291 g/mol. The van der Waals surface area contributed by atoms with Crippen molar-refractivity contribution >= 4 is 16.9 Å². The maximum Gasteiger partial charge on any atom is 0.356 e. The topological polar surface area (TPSA) is 66.9 Å². The smallest absolute Gasteiger partial charge is 0.356 e. The van der Waals surface area contributed by atoms with Crippen molar-refractivity contribution in [3.8, 4) is 17.2 Å². The van der Waals surface area contributed by atoms with Crippen molar-refractivity contribution < 1.29 is 23.7 Å². The number of hydrogen-bond donors (Lipinski definition) is 0. The first kappa shape index (κ1) is 14.9. The molecule has 0 aliphatic rings. The lowest BCUT2D eigenvalue weighted by Crippen LogP contribution is -2.06. The fourth-order valence-corrected chi connectivity index (χ4v) is 2.03. The molecule has 2 aromatic rings. The van der Waals surface area contributed by atoms with Crippen LogP contribution in [0.5, 0.6) is 17.2 Å². The van der Waals surface area contributed by atoms with Crippen LogP contribution in [0.2, 0.25) is 0 Å². The van der Waals surface area contributed by atoms with E-state index in [1.165, 1.54) is 7.11 Å². The van der Waals surface area contributed by atoms with Crippen LogP contribution >= 0.6 is 0 Å². The van der Waals surface area contributed by atoms with Crippen LogP contribution in [0.1, 0.15) is 17.4 Å². The van der Waals surface area contributed by atoms with Gasteiger partial charge in [0.15, 0.2) is 5.69 Å². The van der Waals surface area contributed by atoms with E-state index in [1.807, 2.05) is 6.92 Å². The number of ether oxygens (including phenoxy) is 4. The summed E-state index contributed by atoms with van der Waals surface area (Å²) in [7, 11) is 4.41. The Labute approximate surface area is 122 Å². The standard InChI is InChI=1S/C15H17NO5/c1-5-21-13-8-11(15(17)20-4)16-10-6-9(18-2)7-12(19-3)14(10)13/h6-8H,5H2,1-4H3. The number of rotatable bonds is 5. The summed E-state index contributed by atoms with van der Waals surface area (Å²) in [4.78, 5) is 16.0. The number of nitrogens with zero attached hydrogens (tertiary/aromatic N) is 1. The number of pyridine rings is 1. The Kier molecular flexibility index (Phi) is 4.47. The molecule has 0 unspecified atom stereocenters. The molecule has 0 aliphatic carbocycles. The Morgan fingerprint density at radius 3 is 2.43 bits per heavy atom. The van der Waals surface area contributed by atoms with Crippen molar-refractivity contribution in [3.63, 3.8) is 0 Å². The second-order valence-corrected chi connectivity index (χ2v) is 4.15. The van der Waals surface area contributed by atoms with Gasteiger partial charge in [0, 0.05) is 18.2 Å². The first-order chi connectivity index (χ1) is 10.1. The number of hydrogen-bond acceptors (Lipinski definition) is 6. The van der Waals surface area contributed by atoms with E-state index in [4.69, 9.17) is 18.9 Å². The fraction of sp³-hybridized carbons (Fsp3) is 0.333. The predicted molar refractivity (Wildman–Crippen MR) is 77.4 cm³/mol. The monoisotopic (exact) mass is 291 g/mol. The zero-order valence-corrected chi connectivity index (χ0v) is 12.4. The number of methoxy groups -OCH3 is 3. The van der Waals surface area contributed by atoms with Crippen LogP contribution < -0.4 is 14.2 Å². The summed E-state index contributed by atoms with van der Waals surface area (Å²) in [5, 5.41) is 0.688. The summed E-state index contributed by atoms with van der Waals surface area (Å²) in [5.41, 5.74) is 0.710. The minimum absolute atomic E-state index is 0.170. The second-order valence-electron chi connectivity index (χ2n) is 4.15. The first-order valence-corrected chi connectivity index (χ1v) is 6.42. The molecule has 0 spiro atoms. The summed E-state index contributed by atoms with van der Waals surface area (Å²) < 4.78 is 20.9. The molecule has 0 fully saturated rings. The summed E-state index contributed by atoms with van der Waals surface area (Å²) >= 11 is 0. The maximum absolute atomic E-state index is 11.7. The molecule has 0 amide bonds. The summed E-state index contributed by atoms with van der Waals surface area (Å²) in [6.07, 6.45) is 0. The molecule has 112 valence electrons. The molecule has 6 nitrogen and oxygen atoms in total. The van der Waals surface area contributed by atoms with Crippen LogP contribution in [0.15, 0.2) is 18.2 Å². The lowest BCUT2D eigenvalue weighted by molar-refractivity contribution is 0.0594. The quantitative estimate of drug-likeness (QED) is 0.788. The molecule has 0 bridgehead atoms.